The topological polar surface area (TPSA) is 0 Å². The lowest BCUT2D eigenvalue weighted by molar-refractivity contribution is 1.00. The Bertz CT molecular complexity index is 556. The monoisotopic (exact) mass is 224 g/mol. The minimum atomic E-state index is 1.11. The van der Waals surface area contributed by atoms with Crippen molar-refractivity contribution in [2.45, 2.75) is 33.1 Å². The van der Waals surface area contributed by atoms with Crippen LogP contribution in [0.25, 0.3) is 11.6 Å². The van der Waals surface area contributed by atoms with E-state index in [1.807, 2.05) is 0 Å². The van der Waals surface area contributed by atoms with Crippen LogP contribution in [0.3, 0.4) is 0 Å². The molecule has 0 spiro atoms. The van der Waals surface area contributed by atoms with Crippen LogP contribution < -0.4 is 10.4 Å². The third-order valence-corrected chi connectivity index (χ3v) is 3.25. The largest absolute Gasteiger partial charge is 0.0845 e. The van der Waals surface area contributed by atoms with Crippen LogP contribution in [-0.2, 0) is 0 Å². The molecule has 88 valence electrons. The molecule has 0 heterocycles. The van der Waals surface area contributed by atoms with Crippen molar-refractivity contribution in [2.75, 3.05) is 0 Å². The predicted octanol–water partition coefficient (Wildman–Crippen LogP) is 3.32. The van der Waals surface area contributed by atoms with Crippen LogP contribution in [0.4, 0.5) is 0 Å². The summed E-state index contributed by atoms with van der Waals surface area (Å²) in [5.74, 6) is 0. The summed E-state index contributed by atoms with van der Waals surface area (Å²) in [6.07, 6.45) is 12.4. The maximum absolute atomic E-state index is 2.26. The number of allylic oxidation sites excluding steroid dienone is 4. The predicted molar refractivity (Wildman–Crippen MR) is 76.0 cm³/mol. The Labute approximate surface area is 104 Å². The van der Waals surface area contributed by atoms with Gasteiger partial charge in [0.25, 0.3) is 0 Å². The van der Waals surface area contributed by atoms with E-state index in [1.165, 1.54) is 21.6 Å². The lowest BCUT2D eigenvalue weighted by atomic mass is 9.99. The summed E-state index contributed by atoms with van der Waals surface area (Å²) in [5, 5.41) is 2.74. The highest BCUT2D eigenvalue weighted by molar-refractivity contribution is 5.51. The molecule has 0 nitrogen and oxygen atoms in total. The normalized spacial score (nSPS) is 24.1. The maximum atomic E-state index is 2.26. The third kappa shape index (κ3) is 2.97. The molecular weight excluding hydrogens is 204 g/mol. The van der Waals surface area contributed by atoms with Gasteiger partial charge in [-0.3, -0.25) is 0 Å². The fourth-order valence-corrected chi connectivity index (χ4v) is 2.19. The lowest BCUT2D eigenvalue weighted by Gasteiger charge is -2.06. The Morgan fingerprint density at radius 3 is 2.76 bits per heavy atom. The SMILES string of the molecule is CC/C=C/C1=C/C=c2/cccc/c2=C(/C)CC1. The number of benzene rings is 1. The molecule has 2 rings (SSSR count). The van der Waals surface area contributed by atoms with Gasteiger partial charge in [-0.15, -0.1) is 0 Å². The first kappa shape index (κ1) is 11.9. The van der Waals surface area contributed by atoms with Gasteiger partial charge in [0.05, 0.1) is 0 Å². The summed E-state index contributed by atoms with van der Waals surface area (Å²) in [6.45, 7) is 4.43. The van der Waals surface area contributed by atoms with Crippen molar-refractivity contribution in [3.05, 3.63) is 58.5 Å². The fourth-order valence-electron chi connectivity index (χ4n) is 2.19. The van der Waals surface area contributed by atoms with E-state index < -0.39 is 0 Å². The van der Waals surface area contributed by atoms with Gasteiger partial charge in [0.15, 0.2) is 0 Å². The first-order valence-corrected chi connectivity index (χ1v) is 6.43. The van der Waals surface area contributed by atoms with Gasteiger partial charge in [-0.05, 0) is 42.2 Å². The molecule has 0 N–H and O–H groups in total. The molecule has 0 heteroatoms. The van der Waals surface area contributed by atoms with Gasteiger partial charge in [0.2, 0.25) is 0 Å². The Morgan fingerprint density at radius 2 is 1.94 bits per heavy atom. The number of rotatable bonds is 2. The summed E-state index contributed by atoms with van der Waals surface area (Å²) in [6, 6.07) is 8.66. The van der Waals surface area contributed by atoms with Crippen LogP contribution >= 0.6 is 0 Å². The zero-order valence-corrected chi connectivity index (χ0v) is 10.7. The Morgan fingerprint density at radius 1 is 1.12 bits per heavy atom. The second-order valence-corrected chi connectivity index (χ2v) is 4.59. The average Bonchev–Trinajstić information content (AvgIpc) is 2.36. The van der Waals surface area contributed by atoms with Crippen molar-refractivity contribution >= 4 is 11.6 Å². The molecule has 0 radical (unpaired) electrons. The maximum Gasteiger partial charge on any atom is -0.0184 e. The highest BCUT2D eigenvalue weighted by atomic mass is 14.0. The zero-order valence-electron chi connectivity index (χ0n) is 10.7. The second kappa shape index (κ2) is 5.67. The van der Waals surface area contributed by atoms with E-state index in [0.29, 0.717) is 0 Å². The molecule has 0 aromatic heterocycles. The van der Waals surface area contributed by atoms with Gasteiger partial charge in [-0.1, -0.05) is 61.1 Å². The molecule has 1 aliphatic carbocycles. The van der Waals surface area contributed by atoms with Gasteiger partial charge in [-0.2, -0.15) is 0 Å². The van der Waals surface area contributed by atoms with Crippen molar-refractivity contribution in [1.82, 2.24) is 0 Å². The molecule has 0 atom stereocenters. The minimum absolute atomic E-state index is 1.11. The molecular formula is C17H20. The smallest absolute Gasteiger partial charge is 0.0184 e. The fraction of sp³-hybridized carbons (Fsp3) is 0.294. The molecule has 17 heavy (non-hydrogen) atoms. The quantitative estimate of drug-likeness (QED) is 0.723. The van der Waals surface area contributed by atoms with Crippen molar-refractivity contribution in [3.8, 4) is 0 Å². The second-order valence-electron chi connectivity index (χ2n) is 4.59. The van der Waals surface area contributed by atoms with E-state index in [4.69, 9.17) is 0 Å². The Balaban J connectivity index is 2.49. The van der Waals surface area contributed by atoms with Crippen LogP contribution in [0.5, 0.6) is 0 Å². The standard InChI is InChI=1S/C17H20/c1-3-4-7-15-11-10-14(2)17-9-6-5-8-16(17)13-12-15/h4-9,12-13H,3,10-11H2,1-2H3/b7-4+,15-12-,16-13-,17-14+. The van der Waals surface area contributed by atoms with Crippen LogP contribution in [0, 0.1) is 0 Å². The summed E-state index contributed by atoms with van der Waals surface area (Å²) in [5.41, 5.74) is 2.92. The summed E-state index contributed by atoms with van der Waals surface area (Å²) in [7, 11) is 0. The number of fused-ring (bicyclic) bond motifs is 1. The van der Waals surface area contributed by atoms with E-state index in [0.717, 1.165) is 19.3 Å². The van der Waals surface area contributed by atoms with Gasteiger partial charge < -0.3 is 0 Å². The molecule has 0 saturated carbocycles. The molecule has 0 bridgehead atoms. The Hall–Kier alpha value is -1.56. The molecule has 0 amide bonds. The van der Waals surface area contributed by atoms with Gasteiger partial charge in [0, 0.05) is 0 Å². The number of hydrogen-bond donors (Lipinski definition) is 0. The van der Waals surface area contributed by atoms with Crippen LogP contribution in [0.2, 0.25) is 0 Å². The summed E-state index contributed by atoms with van der Waals surface area (Å²) >= 11 is 0. The molecule has 1 aromatic carbocycles. The zero-order chi connectivity index (χ0) is 12.1. The van der Waals surface area contributed by atoms with Crippen LogP contribution in [0.15, 0.2) is 48.1 Å². The van der Waals surface area contributed by atoms with Crippen LogP contribution in [0.1, 0.15) is 33.1 Å². The van der Waals surface area contributed by atoms with E-state index in [9.17, 15) is 0 Å². The van der Waals surface area contributed by atoms with Gasteiger partial charge >= 0.3 is 0 Å². The highest BCUT2D eigenvalue weighted by Gasteiger charge is 1.99. The van der Waals surface area contributed by atoms with E-state index in [2.05, 4.69) is 62.4 Å². The Kier molecular flexibility index (Phi) is 3.98. The molecule has 1 aromatic rings. The molecule has 0 fully saturated rings. The molecule has 0 aliphatic heterocycles. The van der Waals surface area contributed by atoms with E-state index in [-0.39, 0.29) is 0 Å². The lowest BCUT2D eigenvalue weighted by Crippen LogP contribution is -2.26. The minimum Gasteiger partial charge on any atom is -0.0845 e. The van der Waals surface area contributed by atoms with Crippen molar-refractivity contribution in [2.24, 2.45) is 0 Å². The summed E-state index contributed by atoms with van der Waals surface area (Å²) < 4.78 is 0. The highest BCUT2D eigenvalue weighted by Crippen LogP contribution is 2.13. The van der Waals surface area contributed by atoms with Crippen molar-refractivity contribution in [3.63, 3.8) is 0 Å². The first-order chi connectivity index (χ1) is 8.31. The summed E-state index contributed by atoms with van der Waals surface area (Å²) in [4.78, 5) is 0. The molecule has 1 aliphatic rings. The van der Waals surface area contributed by atoms with Crippen molar-refractivity contribution in [1.29, 1.82) is 0 Å². The van der Waals surface area contributed by atoms with Gasteiger partial charge in [0.1, 0.15) is 0 Å². The molecule has 0 saturated heterocycles. The first-order valence-electron chi connectivity index (χ1n) is 6.43. The van der Waals surface area contributed by atoms with E-state index in [1.54, 1.807) is 0 Å². The van der Waals surface area contributed by atoms with E-state index >= 15 is 0 Å². The van der Waals surface area contributed by atoms with Crippen LogP contribution in [-0.4, -0.2) is 0 Å². The van der Waals surface area contributed by atoms with Crippen molar-refractivity contribution < 1.29 is 0 Å². The van der Waals surface area contributed by atoms with Gasteiger partial charge in [-0.25, -0.2) is 0 Å². The molecule has 0 unspecified atom stereocenters. The number of hydrogen-bond acceptors (Lipinski definition) is 0. The average molecular weight is 224 g/mol. The third-order valence-electron chi connectivity index (χ3n) is 3.25.